The van der Waals surface area contributed by atoms with E-state index in [-0.39, 0.29) is 5.91 Å². The van der Waals surface area contributed by atoms with Gasteiger partial charge in [-0.1, -0.05) is 0 Å². The second-order valence-corrected chi connectivity index (χ2v) is 5.11. The number of nitrogens with zero attached hydrogens (tertiary/aromatic N) is 2. The van der Waals surface area contributed by atoms with Crippen molar-refractivity contribution in [1.29, 1.82) is 0 Å². The fourth-order valence-corrected chi connectivity index (χ4v) is 2.74. The zero-order valence-corrected chi connectivity index (χ0v) is 10.8. The van der Waals surface area contributed by atoms with Crippen LogP contribution >= 0.6 is 11.3 Å². The minimum Gasteiger partial charge on any atom is -0.340 e. The average Bonchev–Trinajstić information content (AvgIpc) is 2.83. The Labute approximate surface area is 106 Å². The minimum absolute atomic E-state index is 0.197. The van der Waals surface area contributed by atoms with E-state index in [0.717, 1.165) is 32.7 Å². The van der Waals surface area contributed by atoms with E-state index in [9.17, 15) is 4.79 Å². The van der Waals surface area contributed by atoms with Gasteiger partial charge in [0.2, 0.25) is 5.91 Å². The van der Waals surface area contributed by atoms with Crippen LogP contribution in [0.4, 0.5) is 0 Å². The molecule has 0 aliphatic carbocycles. The molecule has 0 aromatic carbocycles. The summed E-state index contributed by atoms with van der Waals surface area (Å²) < 4.78 is 0. The number of piperazine rings is 1. The number of nitrogens with two attached hydrogens (primary N) is 1. The quantitative estimate of drug-likeness (QED) is 0.861. The maximum absolute atomic E-state index is 11.7. The molecule has 17 heavy (non-hydrogen) atoms. The van der Waals surface area contributed by atoms with E-state index in [1.807, 2.05) is 4.90 Å². The normalized spacial score (nSPS) is 17.4. The molecule has 0 radical (unpaired) electrons. The van der Waals surface area contributed by atoms with Gasteiger partial charge in [0.15, 0.2) is 0 Å². The molecular weight excluding hydrogens is 234 g/mol. The Morgan fingerprint density at radius 1 is 1.35 bits per heavy atom. The van der Waals surface area contributed by atoms with Gasteiger partial charge in [-0.2, -0.15) is 11.3 Å². The first-order chi connectivity index (χ1) is 8.29. The molecule has 94 valence electrons. The van der Waals surface area contributed by atoms with Crippen LogP contribution in [0.1, 0.15) is 12.0 Å². The van der Waals surface area contributed by atoms with Crippen molar-refractivity contribution in [2.45, 2.75) is 13.0 Å². The molecule has 1 aliphatic heterocycles. The molecule has 2 rings (SSSR count). The summed E-state index contributed by atoms with van der Waals surface area (Å²) in [5.41, 5.74) is 6.77. The number of hydrogen-bond acceptors (Lipinski definition) is 4. The van der Waals surface area contributed by atoms with E-state index in [2.05, 4.69) is 21.7 Å². The topological polar surface area (TPSA) is 49.6 Å². The Kier molecular flexibility index (Phi) is 4.53. The highest BCUT2D eigenvalue weighted by Gasteiger charge is 2.20. The molecule has 0 unspecified atom stereocenters. The number of carbonyl (C=O) groups is 1. The molecule has 1 amide bonds. The molecule has 1 aromatic heterocycles. The van der Waals surface area contributed by atoms with Crippen molar-refractivity contribution in [2.24, 2.45) is 5.73 Å². The predicted octanol–water partition coefficient (Wildman–Crippen LogP) is 0.741. The van der Waals surface area contributed by atoms with E-state index in [0.29, 0.717) is 13.0 Å². The second-order valence-electron chi connectivity index (χ2n) is 4.33. The van der Waals surface area contributed by atoms with E-state index >= 15 is 0 Å². The van der Waals surface area contributed by atoms with Gasteiger partial charge >= 0.3 is 0 Å². The third-order valence-corrected chi connectivity index (χ3v) is 3.80. The highest BCUT2D eigenvalue weighted by Crippen LogP contribution is 2.11. The van der Waals surface area contributed by atoms with Crippen molar-refractivity contribution in [2.75, 3.05) is 32.7 Å². The van der Waals surface area contributed by atoms with Crippen LogP contribution in [0.3, 0.4) is 0 Å². The first kappa shape index (κ1) is 12.5. The van der Waals surface area contributed by atoms with E-state index in [4.69, 9.17) is 5.73 Å². The van der Waals surface area contributed by atoms with Crippen LogP contribution in [0, 0.1) is 0 Å². The van der Waals surface area contributed by atoms with Crippen LogP contribution in [0.25, 0.3) is 0 Å². The van der Waals surface area contributed by atoms with Crippen molar-refractivity contribution < 1.29 is 4.79 Å². The van der Waals surface area contributed by atoms with E-state index in [1.54, 1.807) is 11.3 Å². The highest BCUT2D eigenvalue weighted by molar-refractivity contribution is 7.07. The first-order valence-corrected chi connectivity index (χ1v) is 6.95. The number of rotatable bonds is 4. The first-order valence-electron chi connectivity index (χ1n) is 6.01. The number of hydrogen-bond donors (Lipinski definition) is 1. The summed E-state index contributed by atoms with van der Waals surface area (Å²) in [6.07, 6.45) is 0.477. The summed E-state index contributed by atoms with van der Waals surface area (Å²) >= 11 is 1.74. The van der Waals surface area contributed by atoms with Crippen molar-refractivity contribution in [3.05, 3.63) is 22.4 Å². The zero-order valence-electron chi connectivity index (χ0n) is 9.97. The lowest BCUT2D eigenvalue weighted by Crippen LogP contribution is -2.48. The van der Waals surface area contributed by atoms with Crippen LogP contribution in [-0.2, 0) is 11.3 Å². The van der Waals surface area contributed by atoms with Crippen LogP contribution in [-0.4, -0.2) is 48.4 Å². The molecule has 4 nitrogen and oxygen atoms in total. The molecule has 0 spiro atoms. The molecule has 1 aliphatic rings. The van der Waals surface area contributed by atoms with Gasteiger partial charge in [0, 0.05) is 45.7 Å². The van der Waals surface area contributed by atoms with Crippen molar-refractivity contribution in [3.63, 3.8) is 0 Å². The molecule has 0 bridgehead atoms. The fraction of sp³-hybridized carbons (Fsp3) is 0.583. The summed E-state index contributed by atoms with van der Waals surface area (Å²) in [4.78, 5) is 16.0. The molecule has 1 saturated heterocycles. The molecule has 1 fully saturated rings. The number of carbonyl (C=O) groups excluding carboxylic acids is 1. The molecule has 5 heteroatoms. The monoisotopic (exact) mass is 253 g/mol. The van der Waals surface area contributed by atoms with Crippen LogP contribution < -0.4 is 5.73 Å². The third-order valence-electron chi connectivity index (χ3n) is 3.07. The van der Waals surface area contributed by atoms with Gasteiger partial charge in [0.25, 0.3) is 0 Å². The smallest absolute Gasteiger partial charge is 0.223 e. The Morgan fingerprint density at radius 2 is 2.12 bits per heavy atom. The molecule has 0 atom stereocenters. The van der Waals surface area contributed by atoms with Crippen LogP contribution in [0.5, 0.6) is 0 Å². The average molecular weight is 253 g/mol. The molecule has 2 heterocycles. The van der Waals surface area contributed by atoms with Gasteiger partial charge in [0.1, 0.15) is 0 Å². The summed E-state index contributed by atoms with van der Waals surface area (Å²) in [6, 6.07) is 2.16. The van der Waals surface area contributed by atoms with Crippen LogP contribution in [0.15, 0.2) is 16.8 Å². The van der Waals surface area contributed by atoms with Crippen molar-refractivity contribution in [1.82, 2.24) is 9.80 Å². The van der Waals surface area contributed by atoms with Crippen molar-refractivity contribution in [3.8, 4) is 0 Å². The van der Waals surface area contributed by atoms with E-state index < -0.39 is 0 Å². The fourth-order valence-electron chi connectivity index (χ4n) is 2.08. The molecule has 1 aromatic rings. The lowest BCUT2D eigenvalue weighted by atomic mass is 10.2. The molecular formula is C12H19N3OS. The summed E-state index contributed by atoms with van der Waals surface area (Å²) in [7, 11) is 0. The van der Waals surface area contributed by atoms with Gasteiger partial charge < -0.3 is 10.6 Å². The number of amides is 1. The third kappa shape index (κ3) is 3.52. The maximum atomic E-state index is 11.7. The summed E-state index contributed by atoms with van der Waals surface area (Å²) in [5, 5.41) is 4.29. The highest BCUT2D eigenvalue weighted by atomic mass is 32.1. The van der Waals surface area contributed by atoms with Crippen LogP contribution in [0.2, 0.25) is 0 Å². The lowest BCUT2D eigenvalue weighted by Gasteiger charge is -2.34. The zero-order chi connectivity index (χ0) is 12.1. The lowest BCUT2D eigenvalue weighted by molar-refractivity contribution is -0.132. The number of thiophene rings is 1. The molecule has 0 saturated carbocycles. The van der Waals surface area contributed by atoms with Gasteiger partial charge in [-0.05, 0) is 22.4 Å². The van der Waals surface area contributed by atoms with Gasteiger partial charge in [-0.3, -0.25) is 9.69 Å². The van der Waals surface area contributed by atoms with Gasteiger partial charge in [-0.25, -0.2) is 0 Å². The summed E-state index contributed by atoms with van der Waals surface area (Å²) in [5.74, 6) is 0.197. The predicted molar refractivity (Wildman–Crippen MR) is 69.8 cm³/mol. The standard InChI is InChI=1S/C12H19N3OS/c13-3-1-12(16)15-6-4-14(5-7-15)9-11-2-8-17-10-11/h2,8,10H,1,3-7,9,13H2. The largest absolute Gasteiger partial charge is 0.340 e. The molecule has 2 N–H and O–H groups in total. The van der Waals surface area contributed by atoms with Gasteiger partial charge in [0.05, 0.1) is 0 Å². The SMILES string of the molecule is NCCC(=O)N1CCN(Cc2ccsc2)CC1. The Hall–Kier alpha value is -0.910. The van der Waals surface area contributed by atoms with Crippen molar-refractivity contribution >= 4 is 17.2 Å². The Morgan fingerprint density at radius 3 is 2.71 bits per heavy atom. The Balaban J connectivity index is 1.76. The van der Waals surface area contributed by atoms with E-state index in [1.165, 1.54) is 5.56 Å². The second kappa shape index (κ2) is 6.14. The minimum atomic E-state index is 0.197. The maximum Gasteiger partial charge on any atom is 0.223 e. The summed E-state index contributed by atoms with van der Waals surface area (Å²) in [6.45, 7) is 5.06. The van der Waals surface area contributed by atoms with Gasteiger partial charge in [-0.15, -0.1) is 0 Å². The Bertz CT molecular complexity index is 345.